The SMILES string of the molecule is CN(C(=O)C1CC2CC(NC(=O)OCC3c4ccccc4-c4ccccc43)C2C1)C1(C(=O)O)CC1. The first-order valence-electron chi connectivity index (χ1n) is 12.5. The van der Waals surface area contributed by atoms with Gasteiger partial charge in [0.1, 0.15) is 12.1 Å². The molecule has 4 unspecified atom stereocenters. The number of aliphatic carboxylic acids is 1. The van der Waals surface area contributed by atoms with E-state index in [4.69, 9.17) is 4.74 Å². The third-order valence-electron chi connectivity index (χ3n) is 8.91. The summed E-state index contributed by atoms with van der Waals surface area (Å²) in [6.07, 6.45) is 2.94. The molecule has 2 N–H and O–H groups in total. The van der Waals surface area contributed by atoms with E-state index in [1.54, 1.807) is 7.05 Å². The Kier molecular flexibility index (Phi) is 5.13. The lowest BCUT2D eigenvalue weighted by Crippen LogP contribution is -2.50. The van der Waals surface area contributed by atoms with Crippen LogP contribution in [0.1, 0.15) is 49.1 Å². The number of hydrogen-bond donors (Lipinski definition) is 2. The van der Waals surface area contributed by atoms with Crippen LogP contribution in [0.15, 0.2) is 48.5 Å². The lowest BCUT2D eigenvalue weighted by molar-refractivity contribution is -0.152. The normalized spacial score (nSPS) is 27.1. The van der Waals surface area contributed by atoms with Gasteiger partial charge in [0.2, 0.25) is 5.91 Å². The van der Waals surface area contributed by atoms with E-state index in [9.17, 15) is 19.5 Å². The minimum absolute atomic E-state index is 0.00751. The number of carboxylic acid groups (broad SMARTS) is 1. The third kappa shape index (κ3) is 3.51. The molecule has 0 heterocycles. The Balaban J connectivity index is 1.04. The van der Waals surface area contributed by atoms with Crippen molar-refractivity contribution in [1.82, 2.24) is 10.2 Å². The van der Waals surface area contributed by atoms with Crippen molar-refractivity contribution in [2.75, 3.05) is 13.7 Å². The van der Waals surface area contributed by atoms with Gasteiger partial charge in [0.15, 0.2) is 0 Å². The number of amides is 2. The smallest absolute Gasteiger partial charge is 0.407 e. The first-order chi connectivity index (χ1) is 16.9. The van der Waals surface area contributed by atoms with Crippen LogP contribution in [0.3, 0.4) is 0 Å². The minimum Gasteiger partial charge on any atom is -0.479 e. The fraction of sp³-hybridized carbons (Fsp3) is 0.464. The molecule has 6 rings (SSSR count). The van der Waals surface area contributed by atoms with Crippen LogP contribution in [-0.4, -0.2) is 53.2 Å². The Morgan fingerprint density at radius 2 is 1.63 bits per heavy atom. The van der Waals surface area contributed by atoms with Crippen molar-refractivity contribution in [1.29, 1.82) is 0 Å². The van der Waals surface area contributed by atoms with Crippen LogP contribution in [0.25, 0.3) is 11.1 Å². The Morgan fingerprint density at radius 1 is 1.00 bits per heavy atom. The second-order valence-corrected chi connectivity index (χ2v) is 10.6. The Morgan fingerprint density at radius 3 is 2.23 bits per heavy atom. The Labute approximate surface area is 204 Å². The van der Waals surface area contributed by atoms with Crippen molar-refractivity contribution in [2.24, 2.45) is 17.8 Å². The molecular formula is C28H30N2O5. The van der Waals surface area contributed by atoms with Gasteiger partial charge in [-0.15, -0.1) is 0 Å². The van der Waals surface area contributed by atoms with Gasteiger partial charge >= 0.3 is 12.1 Å². The zero-order chi connectivity index (χ0) is 24.3. The van der Waals surface area contributed by atoms with E-state index in [1.807, 2.05) is 24.3 Å². The van der Waals surface area contributed by atoms with E-state index in [0.717, 1.165) is 12.8 Å². The van der Waals surface area contributed by atoms with E-state index in [1.165, 1.54) is 27.2 Å². The number of benzene rings is 2. The van der Waals surface area contributed by atoms with E-state index in [-0.39, 0.29) is 36.3 Å². The molecular weight excluding hydrogens is 444 g/mol. The number of likely N-dealkylation sites (N-methyl/N-ethyl adjacent to an activating group) is 1. The lowest BCUT2D eigenvalue weighted by Gasteiger charge is -2.40. The molecule has 3 fully saturated rings. The molecule has 7 nitrogen and oxygen atoms in total. The van der Waals surface area contributed by atoms with Gasteiger partial charge in [-0.05, 0) is 66.2 Å². The maximum absolute atomic E-state index is 13.0. The van der Waals surface area contributed by atoms with Crippen LogP contribution in [0.5, 0.6) is 0 Å². The number of carbonyl (C=O) groups is 3. The van der Waals surface area contributed by atoms with Crippen molar-refractivity contribution in [2.45, 2.75) is 49.6 Å². The molecule has 4 aliphatic carbocycles. The largest absolute Gasteiger partial charge is 0.479 e. The summed E-state index contributed by atoms with van der Waals surface area (Å²) < 4.78 is 5.70. The highest BCUT2D eigenvalue weighted by atomic mass is 16.5. The standard InChI is InChI=1S/C28H30N2O5/c1-30(28(10-11-28)26(32)33)25(31)17-12-16-14-24(22(16)13-17)29-27(34)35-15-23-20-8-4-2-6-18(20)19-7-3-5-9-21(19)23/h2-9,16-17,22-24H,10-15H2,1H3,(H,29,34)(H,32,33). The number of nitrogens with one attached hydrogen (secondary N) is 1. The molecule has 0 aliphatic heterocycles. The highest BCUT2D eigenvalue weighted by Gasteiger charge is 2.58. The molecule has 0 aromatic heterocycles. The maximum Gasteiger partial charge on any atom is 0.407 e. The zero-order valence-electron chi connectivity index (χ0n) is 19.8. The quantitative estimate of drug-likeness (QED) is 0.659. The van der Waals surface area contributed by atoms with Gasteiger partial charge < -0.3 is 20.1 Å². The number of alkyl carbamates (subject to hydrolysis) is 1. The van der Waals surface area contributed by atoms with Gasteiger partial charge in [-0.1, -0.05) is 48.5 Å². The predicted octanol–water partition coefficient (Wildman–Crippen LogP) is 4.02. The highest BCUT2D eigenvalue weighted by molar-refractivity contribution is 5.90. The monoisotopic (exact) mass is 474 g/mol. The van der Waals surface area contributed by atoms with Crippen LogP contribution in [0.4, 0.5) is 4.79 Å². The molecule has 0 bridgehead atoms. The molecule has 4 aliphatic rings. The first-order valence-corrected chi connectivity index (χ1v) is 12.5. The van der Waals surface area contributed by atoms with Gasteiger partial charge in [-0.2, -0.15) is 0 Å². The summed E-state index contributed by atoms with van der Waals surface area (Å²) >= 11 is 0. The van der Waals surface area contributed by atoms with Gasteiger partial charge in [0, 0.05) is 24.9 Å². The number of nitrogens with zero attached hydrogens (tertiary/aromatic N) is 1. The zero-order valence-corrected chi connectivity index (χ0v) is 19.8. The van der Waals surface area contributed by atoms with Gasteiger partial charge in [-0.25, -0.2) is 9.59 Å². The second-order valence-electron chi connectivity index (χ2n) is 10.6. The molecule has 0 radical (unpaired) electrons. The minimum atomic E-state index is -1.00. The van der Waals surface area contributed by atoms with Crippen LogP contribution < -0.4 is 5.32 Å². The molecule has 3 saturated carbocycles. The van der Waals surface area contributed by atoms with Crippen molar-refractivity contribution in [3.8, 4) is 11.1 Å². The highest BCUT2D eigenvalue weighted by Crippen LogP contribution is 2.51. The summed E-state index contributed by atoms with van der Waals surface area (Å²) in [6.45, 7) is 0.282. The summed E-state index contributed by atoms with van der Waals surface area (Å²) in [5.74, 6) is -0.478. The van der Waals surface area contributed by atoms with Crippen LogP contribution >= 0.6 is 0 Å². The number of ether oxygens (including phenoxy) is 1. The van der Waals surface area contributed by atoms with Gasteiger partial charge in [-0.3, -0.25) is 4.79 Å². The van der Waals surface area contributed by atoms with Crippen molar-refractivity contribution in [3.63, 3.8) is 0 Å². The number of fused-ring (bicyclic) bond motifs is 4. The van der Waals surface area contributed by atoms with E-state index in [0.29, 0.717) is 25.2 Å². The molecule has 2 aromatic rings. The molecule has 0 saturated heterocycles. The number of carboxylic acids is 1. The van der Waals surface area contributed by atoms with Gasteiger partial charge in [0.05, 0.1) is 0 Å². The van der Waals surface area contributed by atoms with Crippen LogP contribution in [0, 0.1) is 17.8 Å². The van der Waals surface area contributed by atoms with E-state index in [2.05, 4.69) is 29.6 Å². The van der Waals surface area contributed by atoms with Crippen molar-refractivity contribution in [3.05, 3.63) is 59.7 Å². The number of hydrogen-bond acceptors (Lipinski definition) is 4. The maximum atomic E-state index is 13.0. The average molecular weight is 475 g/mol. The molecule has 0 spiro atoms. The fourth-order valence-corrected chi connectivity index (χ4v) is 6.68. The predicted molar refractivity (Wildman–Crippen MR) is 129 cm³/mol. The molecule has 182 valence electrons. The van der Waals surface area contributed by atoms with Crippen LogP contribution in [-0.2, 0) is 14.3 Å². The van der Waals surface area contributed by atoms with Gasteiger partial charge in [0.25, 0.3) is 0 Å². The first kappa shape index (κ1) is 22.1. The summed E-state index contributed by atoms with van der Waals surface area (Å²) in [5, 5.41) is 12.5. The number of rotatable bonds is 6. The Bertz CT molecular complexity index is 1160. The van der Waals surface area contributed by atoms with Crippen molar-refractivity contribution < 1.29 is 24.2 Å². The summed E-state index contributed by atoms with van der Waals surface area (Å²) in [5.41, 5.74) is 3.75. The topological polar surface area (TPSA) is 95.9 Å². The van der Waals surface area contributed by atoms with Crippen molar-refractivity contribution >= 4 is 18.0 Å². The van der Waals surface area contributed by atoms with E-state index >= 15 is 0 Å². The summed E-state index contributed by atoms with van der Waals surface area (Å²) in [7, 11) is 1.62. The molecule has 2 aromatic carbocycles. The molecule has 7 heteroatoms. The third-order valence-corrected chi connectivity index (χ3v) is 8.91. The molecule has 35 heavy (non-hydrogen) atoms. The average Bonchev–Trinajstić information content (AvgIpc) is 3.52. The second kappa shape index (κ2) is 8.11. The Hall–Kier alpha value is -3.35. The molecule has 2 amide bonds. The lowest BCUT2D eigenvalue weighted by atomic mass is 9.71. The summed E-state index contributed by atoms with van der Waals surface area (Å²) in [4.78, 5) is 38.7. The molecule has 4 atom stereocenters. The van der Waals surface area contributed by atoms with Crippen LogP contribution in [0.2, 0.25) is 0 Å². The number of carbonyl (C=O) groups excluding carboxylic acids is 2. The fourth-order valence-electron chi connectivity index (χ4n) is 6.68. The summed E-state index contributed by atoms with van der Waals surface area (Å²) in [6, 6.07) is 16.5. The van der Waals surface area contributed by atoms with E-state index < -0.39 is 17.6 Å².